The number of nitrogens with one attached hydrogen (secondary N) is 1. The van der Waals surface area contributed by atoms with Gasteiger partial charge in [-0.25, -0.2) is 0 Å². The molecule has 3 heteroatoms. The van der Waals surface area contributed by atoms with Crippen molar-refractivity contribution in [2.24, 2.45) is 0 Å². The largest absolute Gasteiger partial charge is 0.496 e. The third-order valence-electron chi connectivity index (χ3n) is 2.40. The fraction of sp³-hybridized carbons (Fsp3) is 0.538. The van der Waals surface area contributed by atoms with Crippen molar-refractivity contribution in [1.82, 2.24) is 5.32 Å². The molecule has 0 aliphatic carbocycles. The minimum Gasteiger partial charge on any atom is -0.496 e. The van der Waals surface area contributed by atoms with Gasteiger partial charge in [0.15, 0.2) is 0 Å². The van der Waals surface area contributed by atoms with Gasteiger partial charge in [-0.1, -0.05) is 13.0 Å². The smallest absolute Gasteiger partial charge is 0.122 e. The molecule has 1 aromatic carbocycles. The Balaban J connectivity index is 2.68. The molecular weight excluding hydrogens is 218 g/mol. The van der Waals surface area contributed by atoms with Gasteiger partial charge in [0, 0.05) is 17.9 Å². The fourth-order valence-corrected chi connectivity index (χ4v) is 2.16. The first-order chi connectivity index (χ1) is 7.81. The maximum absolute atomic E-state index is 5.34. The lowest BCUT2D eigenvalue weighted by Crippen LogP contribution is -2.13. The zero-order valence-electron chi connectivity index (χ0n) is 10.4. The van der Waals surface area contributed by atoms with E-state index >= 15 is 0 Å². The van der Waals surface area contributed by atoms with Crippen molar-refractivity contribution in [1.29, 1.82) is 0 Å². The van der Waals surface area contributed by atoms with Gasteiger partial charge in [0.2, 0.25) is 0 Å². The maximum atomic E-state index is 5.34. The van der Waals surface area contributed by atoms with Crippen LogP contribution in [0.25, 0.3) is 0 Å². The zero-order chi connectivity index (χ0) is 11.8. The van der Waals surface area contributed by atoms with Gasteiger partial charge in [0.25, 0.3) is 0 Å². The van der Waals surface area contributed by atoms with E-state index in [1.165, 1.54) is 17.5 Å². The topological polar surface area (TPSA) is 21.3 Å². The first-order valence-corrected chi connectivity index (χ1v) is 7.06. The van der Waals surface area contributed by atoms with Crippen molar-refractivity contribution in [3.8, 4) is 5.75 Å². The van der Waals surface area contributed by atoms with E-state index in [2.05, 4.69) is 36.7 Å². The zero-order valence-corrected chi connectivity index (χ0v) is 11.2. The Hall–Kier alpha value is -0.670. The number of ether oxygens (including phenoxy) is 1. The van der Waals surface area contributed by atoms with Gasteiger partial charge in [0.05, 0.1) is 7.11 Å². The van der Waals surface area contributed by atoms with Crippen LogP contribution in [0.2, 0.25) is 0 Å². The summed E-state index contributed by atoms with van der Waals surface area (Å²) in [6.07, 6.45) is 3.29. The Morgan fingerprint density at radius 3 is 2.81 bits per heavy atom. The summed E-state index contributed by atoms with van der Waals surface area (Å²) in [5.41, 5.74) is 2.61. The van der Waals surface area contributed by atoms with Crippen LogP contribution in [0.5, 0.6) is 5.75 Å². The van der Waals surface area contributed by atoms with Gasteiger partial charge in [-0.05, 0) is 36.9 Å². The average molecular weight is 239 g/mol. The second kappa shape index (κ2) is 7.58. The highest BCUT2D eigenvalue weighted by Crippen LogP contribution is 2.23. The Bertz CT molecular complexity index is 315. The van der Waals surface area contributed by atoms with Crippen LogP contribution in [0.3, 0.4) is 0 Å². The van der Waals surface area contributed by atoms with E-state index in [-0.39, 0.29) is 0 Å². The molecule has 90 valence electrons. The van der Waals surface area contributed by atoms with Gasteiger partial charge in [0.1, 0.15) is 5.75 Å². The molecule has 0 saturated carbocycles. The van der Waals surface area contributed by atoms with E-state index < -0.39 is 0 Å². The number of benzene rings is 1. The van der Waals surface area contributed by atoms with Crippen LogP contribution in [0, 0.1) is 0 Å². The second-order valence-electron chi connectivity index (χ2n) is 3.76. The van der Waals surface area contributed by atoms with Crippen molar-refractivity contribution < 1.29 is 4.74 Å². The molecule has 0 aliphatic heterocycles. The lowest BCUT2D eigenvalue weighted by molar-refractivity contribution is 0.411. The minimum absolute atomic E-state index is 0.944. The number of hydrogen-bond donors (Lipinski definition) is 1. The molecule has 2 nitrogen and oxygen atoms in total. The molecule has 1 aromatic rings. The van der Waals surface area contributed by atoms with Crippen molar-refractivity contribution in [2.45, 2.75) is 25.6 Å². The van der Waals surface area contributed by atoms with Crippen molar-refractivity contribution >= 4 is 11.8 Å². The summed E-state index contributed by atoms with van der Waals surface area (Å²) in [6, 6.07) is 6.43. The Labute approximate surface area is 103 Å². The van der Waals surface area contributed by atoms with Crippen LogP contribution in [-0.4, -0.2) is 19.9 Å². The molecule has 0 aromatic heterocycles. The molecule has 1 N–H and O–H groups in total. The second-order valence-corrected chi connectivity index (χ2v) is 4.62. The van der Waals surface area contributed by atoms with Crippen LogP contribution in [0.1, 0.15) is 24.5 Å². The van der Waals surface area contributed by atoms with E-state index in [4.69, 9.17) is 4.74 Å². The molecule has 0 aliphatic rings. The van der Waals surface area contributed by atoms with Gasteiger partial charge >= 0.3 is 0 Å². The highest BCUT2D eigenvalue weighted by Gasteiger charge is 2.03. The number of rotatable bonds is 7. The Morgan fingerprint density at radius 2 is 2.19 bits per heavy atom. The molecule has 0 bridgehead atoms. The monoisotopic (exact) mass is 239 g/mol. The number of methoxy groups -OCH3 is 1. The lowest BCUT2D eigenvalue weighted by Gasteiger charge is -2.10. The van der Waals surface area contributed by atoms with Crippen LogP contribution in [-0.2, 0) is 12.3 Å². The summed E-state index contributed by atoms with van der Waals surface area (Å²) < 4.78 is 5.34. The first kappa shape index (κ1) is 13.4. The third kappa shape index (κ3) is 4.06. The summed E-state index contributed by atoms with van der Waals surface area (Å²) in [7, 11) is 1.73. The summed E-state index contributed by atoms with van der Waals surface area (Å²) in [6.45, 7) is 4.20. The average Bonchev–Trinajstić information content (AvgIpc) is 2.30. The predicted molar refractivity (Wildman–Crippen MR) is 72.2 cm³/mol. The molecule has 0 unspecified atom stereocenters. The molecule has 0 heterocycles. The molecule has 0 spiro atoms. The molecule has 0 amide bonds. The van der Waals surface area contributed by atoms with Crippen molar-refractivity contribution in [2.75, 3.05) is 19.9 Å². The van der Waals surface area contributed by atoms with E-state index in [1.54, 1.807) is 7.11 Å². The lowest BCUT2D eigenvalue weighted by atomic mass is 10.1. The SMILES string of the molecule is CCCNCc1ccc(OC)c(CSC)c1. The highest BCUT2D eigenvalue weighted by atomic mass is 32.2. The molecule has 0 radical (unpaired) electrons. The molecule has 0 atom stereocenters. The first-order valence-electron chi connectivity index (χ1n) is 5.67. The summed E-state index contributed by atoms with van der Waals surface area (Å²) in [5.74, 6) is 2.00. The Morgan fingerprint density at radius 1 is 1.38 bits per heavy atom. The molecule has 16 heavy (non-hydrogen) atoms. The molecule has 1 rings (SSSR count). The highest BCUT2D eigenvalue weighted by molar-refractivity contribution is 7.97. The summed E-state index contributed by atoms with van der Waals surface area (Å²) in [5, 5.41) is 3.41. The molecular formula is C13H21NOS. The van der Waals surface area contributed by atoms with Crippen molar-refractivity contribution in [3.63, 3.8) is 0 Å². The standard InChI is InChI=1S/C13H21NOS/c1-4-7-14-9-11-5-6-13(15-2)12(8-11)10-16-3/h5-6,8,14H,4,7,9-10H2,1-3H3. The van der Waals surface area contributed by atoms with Crippen LogP contribution >= 0.6 is 11.8 Å². The van der Waals surface area contributed by atoms with Crippen LogP contribution in [0.15, 0.2) is 18.2 Å². The molecule has 0 saturated heterocycles. The third-order valence-corrected chi connectivity index (χ3v) is 3.00. The molecule has 0 fully saturated rings. The fourth-order valence-electron chi connectivity index (χ4n) is 1.62. The predicted octanol–water partition coefficient (Wildman–Crippen LogP) is 3.06. The maximum Gasteiger partial charge on any atom is 0.122 e. The van der Waals surface area contributed by atoms with Crippen LogP contribution < -0.4 is 10.1 Å². The Kier molecular flexibility index (Phi) is 6.34. The summed E-state index contributed by atoms with van der Waals surface area (Å²) >= 11 is 1.82. The van der Waals surface area contributed by atoms with Gasteiger partial charge in [-0.15, -0.1) is 0 Å². The van der Waals surface area contributed by atoms with Gasteiger partial charge in [-0.3, -0.25) is 0 Å². The van der Waals surface area contributed by atoms with E-state index in [9.17, 15) is 0 Å². The quantitative estimate of drug-likeness (QED) is 0.739. The van der Waals surface area contributed by atoms with Gasteiger partial charge < -0.3 is 10.1 Å². The van der Waals surface area contributed by atoms with E-state index in [1.807, 2.05) is 11.8 Å². The summed E-state index contributed by atoms with van der Waals surface area (Å²) in [4.78, 5) is 0. The van der Waals surface area contributed by atoms with Crippen molar-refractivity contribution in [3.05, 3.63) is 29.3 Å². The van der Waals surface area contributed by atoms with Crippen LogP contribution in [0.4, 0.5) is 0 Å². The van der Waals surface area contributed by atoms with E-state index in [0.717, 1.165) is 24.6 Å². The van der Waals surface area contributed by atoms with E-state index in [0.29, 0.717) is 0 Å². The number of hydrogen-bond acceptors (Lipinski definition) is 3. The minimum atomic E-state index is 0.944. The normalized spacial score (nSPS) is 10.4. The van der Waals surface area contributed by atoms with Gasteiger partial charge in [-0.2, -0.15) is 11.8 Å². The number of thioether (sulfide) groups is 1.